The number of benzene rings is 2. The zero-order valence-electron chi connectivity index (χ0n) is 22.1. The first-order valence-electron chi connectivity index (χ1n) is 12.2. The summed E-state index contributed by atoms with van der Waals surface area (Å²) >= 11 is 12.7. The van der Waals surface area contributed by atoms with E-state index in [-0.39, 0.29) is 41.6 Å². The van der Waals surface area contributed by atoms with E-state index in [1.807, 2.05) is 45.0 Å². The quantitative estimate of drug-likeness (QED) is 0.401. The van der Waals surface area contributed by atoms with Gasteiger partial charge in [0.05, 0.1) is 33.4 Å². The standard InChI is InChI=1S/C28H30Cl2O8/c1-28(2,3)27(31)38-23-15-10-18-17(36-12-37-18)9-14(15)21(22-16(23)11-35-25(22)26(29)30)13-7-19(32-4)24(34-6)20(8-13)33-5/h7-10,16,21-23H,11-12H2,1-6H3/t16-,21+,22+,23-/m0/s1. The largest absolute Gasteiger partial charge is 0.495 e. The Bertz CT molecular complexity index is 1270. The zero-order valence-corrected chi connectivity index (χ0v) is 23.6. The normalized spacial score (nSPS) is 23.2. The Morgan fingerprint density at radius 2 is 1.50 bits per heavy atom. The molecular formula is C28H30Cl2O8. The summed E-state index contributed by atoms with van der Waals surface area (Å²) in [4.78, 5) is 13.1. The molecule has 0 N–H and O–H groups in total. The molecule has 0 unspecified atom stereocenters. The lowest BCUT2D eigenvalue weighted by atomic mass is 9.65. The predicted molar refractivity (Wildman–Crippen MR) is 140 cm³/mol. The number of hydrogen-bond acceptors (Lipinski definition) is 8. The van der Waals surface area contributed by atoms with Crippen LogP contribution in [0.2, 0.25) is 0 Å². The fourth-order valence-corrected chi connectivity index (χ4v) is 5.82. The van der Waals surface area contributed by atoms with Crippen molar-refractivity contribution in [2.24, 2.45) is 17.3 Å². The number of ether oxygens (including phenoxy) is 7. The number of hydrogen-bond donors (Lipinski definition) is 0. The lowest BCUT2D eigenvalue weighted by Crippen LogP contribution is -2.37. The molecule has 1 saturated heterocycles. The summed E-state index contributed by atoms with van der Waals surface area (Å²) < 4.78 is 40.6. The maximum atomic E-state index is 13.1. The lowest BCUT2D eigenvalue weighted by Gasteiger charge is -2.40. The predicted octanol–water partition coefficient (Wildman–Crippen LogP) is 6.13. The minimum absolute atomic E-state index is 0.0278. The summed E-state index contributed by atoms with van der Waals surface area (Å²) in [6, 6.07) is 7.62. The van der Waals surface area contributed by atoms with Crippen LogP contribution in [0, 0.1) is 17.3 Å². The van der Waals surface area contributed by atoms with E-state index in [0.29, 0.717) is 34.5 Å². The van der Waals surface area contributed by atoms with Gasteiger partial charge < -0.3 is 33.2 Å². The molecule has 2 aliphatic heterocycles. The molecule has 2 aromatic rings. The van der Waals surface area contributed by atoms with Crippen LogP contribution in [0.15, 0.2) is 34.5 Å². The van der Waals surface area contributed by atoms with Crippen molar-refractivity contribution in [1.29, 1.82) is 0 Å². The maximum absolute atomic E-state index is 13.1. The van der Waals surface area contributed by atoms with Crippen LogP contribution in [-0.4, -0.2) is 40.7 Å². The van der Waals surface area contributed by atoms with Gasteiger partial charge in [-0.05, 0) is 56.2 Å². The zero-order chi connectivity index (χ0) is 27.4. The molecule has 5 rings (SSSR count). The minimum atomic E-state index is -0.707. The Morgan fingerprint density at radius 1 is 0.895 bits per heavy atom. The summed E-state index contributed by atoms with van der Waals surface area (Å²) in [5, 5.41) is 0. The van der Waals surface area contributed by atoms with Crippen molar-refractivity contribution in [3.05, 3.63) is 51.2 Å². The third-order valence-corrected chi connectivity index (χ3v) is 7.61. The van der Waals surface area contributed by atoms with Crippen LogP contribution < -0.4 is 23.7 Å². The molecule has 0 spiro atoms. The summed E-state index contributed by atoms with van der Waals surface area (Å²) in [6.45, 7) is 5.83. The highest BCUT2D eigenvalue weighted by Gasteiger charge is 2.53. The molecular weight excluding hydrogens is 535 g/mol. The van der Waals surface area contributed by atoms with E-state index in [1.54, 1.807) is 21.3 Å². The molecule has 0 radical (unpaired) electrons. The minimum Gasteiger partial charge on any atom is -0.495 e. The summed E-state index contributed by atoms with van der Waals surface area (Å²) in [5.74, 6) is 1.83. The van der Waals surface area contributed by atoms with Gasteiger partial charge in [0.2, 0.25) is 12.5 Å². The second-order valence-corrected chi connectivity index (χ2v) is 11.4. The van der Waals surface area contributed by atoms with Crippen LogP contribution in [0.5, 0.6) is 28.7 Å². The molecule has 4 atom stereocenters. The summed E-state index contributed by atoms with van der Waals surface area (Å²) in [7, 11) is 4.69. The molecule has 3 aliphatic rings. The smallest absolute Gasteiger partial charge is 0.311 e. The van der Waals surface area contributed by atoms with E-state index >= 15 is 0 Å². The van der Waals surface area contributed by atoms with Crippen LogP contribution in [0.1, 0.15) is 49.5 Å². The third-order valence-electron chi connectivity index (χ3n) is 7.24. The molecule has 1 fully saturated rings. The number of carbonyl (C=O) groups is 1. The lowest BCUT2D eigenvalue weighted by molar-refractivity contribution is -0.163. The number of esters is 1. The van der Waals surface area contributed by atoms with Gasteiger partial charge in [0.1, 0.15) is 16.4 Å². The summed E-state index contributed by atoms with van der Waals surface area (Å²) in [5.41, 5.74) is 1.83. The summed E-state index contributed by atoms with van der Waals surface area (Å²) in [6.07, 6.45) is -0.625. The van der Waals surface area contributed by atoms with Crippen molar-refractivity contribution < 1.29 is 38.0 Å². The Labute approximate surface area is 231 Å². The van der Waals surface area contributed by atoms with E-state index in [2.05, 4.69) is 0 Å². The number of carbonyl (C=O) groups excluding carboxylic acids is 1. The highest BCUT2D eigenvalue weighted by atomic mass is 35.5. The fourth-order valence-electron chi connectivity index (χ4n) is 5.46. The van der Waals surface area contributed by atoms with Crippen molar-refractivity contribution in [2.75, 3.05) is 34.7 Å². The van der Waals surface area contributed by atoms with Gasteiger partial charge in [0, 0.05) is 23.3 Å². The molecule has 2 aromatic carbocycles. The van der Waals surface area contributed by atoms with Crippen molar-refractivity contribution in [3.63, 3.8) is 0 Å². The van der Waals surface area contributed by atoms with Gasteiger partial charge in [-0.15, -0.1) is 0 Å². The SMILES string of the molecule is COc1cc([C@@H]2c3cc4c(cc3[C@H](OC(=O)C(C)(C)C)[C@H]3COC(=C(Cl)Cl)[C@@H]23)OCO4)cc(OC)c1OC. The number of methoxy groups -OCH3 is 3. The monoisotopic (exact) mass is 564 g/mol. The van der Waals surface area contributed by atoms with E-state index in [9.17, 15) is 4.79 Å². The second-order valence-electron chi connectivity index (χ2n) is 10.5. The van der Waals surface area contributed by atoms with Gasteiger partial charge in [-0.1, -0.05) is 23.2 Å². The van der Waals surface area contributed by atoms with Gasteiger partial charge in [0.15, 0.2) is 23.0 Å². The molecule has 0 bridgehead atoms. The van der Waals surface area contributed by atoms with Gasteiger partial charge in [0.25, 0.3) is 0 Å². The topological polar surface area (TPSA) is 81.7 Å². The Morgan fingerprint density at radius 3 is 2.03 bits per heavy atom. The van der Waals surface area contributed by atoms with Gasteiger partial charge in [-0.3, -0.25) is 4.79 Å². The molecule has 38 heavy (non-hydrogen) atoms. The Kier molecular flexibility index (Phi) is 6.99. The second kappa shape index (κ2) is 9.97. The van der Waals surface area contributed by atoms with E-state index < -0.39 is 11.5 Å². The highest BCUT2D eigenvalue weighted by Crippen LogP contribution is 2.59. The average molecular weight is 565 g/mol. The van der Waals surface area contributed by atoms with Crippen LogP contribution in [0.4, 0.5) is 0 Å². The van der Waals surface area contributed by atoms with Gasteiger partial charge in [-0.25, -0.2) is 0 Å². The first kappa shape index (κ1) is 26.6. The Hall–Kier alpha value is -2.97. The third kappa shape index (κ3) is 4.37. The Balaban J connectivity index is 1.77. The van der Waals surface area contributed by atoms with E-state index in [0.717, 1.165) is 16.7 Å². The van der Waals surface area contributed by atoms with Gasteiger partial charge >= 0.3 is 5.97 Å². The first-order chi connectivity index (χ1) is 18.1. The molecule has 10 heteroatoms. The average Bonchev–Trinajstić information content (AvgIpc) is 3.53. The van der Waals surface area contributed by atoms with Crippen molar-refractivity contribution in [3.8, 4) is 28.7 Å². The van der Waals surface area contributed by atoms with Crippen LogP contribution >= 0.6 is 23.2 Å². The van der Waals surface area contributed by atoms with Crippen LogP contribution in [0.25, 0.3) is 0 Å². The maximum Gasteiger partial charge on any atom is 0.311 e. The molecule has 0 saturated carbocycles. The van der Waals surface area contributed by atoms with E-state index in [1.165, 1.54) is 0 Å². The van der Waals surface area contributed by atoms with Crippen molar-refractivity contribution in [1.82, 2.24) is 0 Å². The molecule has 0 amide bonds. The highest BCUT2D eigenvalue weighted by molar-refractivity contribution is 6.56. The number of rotatable bonds is 5. The number of allylic oxidation sites excluding steroid dienone is 1. The number of fused-ring (bicyclic) bond motifs is 3. The van der Waals surface area contributed by atoms with Crippen LogP contribution in [-0.2, 0) is 14.3 Å². The van der Waals surface area contributed by atoms with Crippen molar-refractivity contribution in [2.45, 2.75) is 32.8 Å². The van der Waals surface area contributed by atoms with Crippen LogP contribution in [0.3, 0.4) is 0 Å². The molecule has 2 heterocycles. The molecule has 1 aliphatic carbocycles. The molecule has 0 aromatic heterocycles. The van der Waals surface area contributed by atoms with E-state index in [4.69, 9.17) is 56.4 Å². The first-order valence-corrected chi connectivity index (χ1v) is 13.0. The fraction of sp³-hybridized carbons (Fsp3) is 0.464. The molecule has 204 valence electrons. The molecule has 8 nitrogen and oxygen atoms in total. The number of halogens is 2. The van der Waals surface area contributed by atoms with Gasteiger partial charge in [-0.2, -0.15) is 0 Å². The van der Waals surface area contributed by atoms with Crippen molar-refractivity contribution >= 4 is 29.2 Å².